The highest BCUT2D eigenvalue weighted by Crippen LogP contribution is 2.27. The lowest BCUT2D eigenvalue weighted by atomic mass is 10.3. The molecule has 0 saturated heterocycles. The van der Waals surface area contributed by atoms with Crippen molar-refractivity contribution in [1.29, 1.82) is 0 Å². The number of hydrogen-bond donors (Lipinski definition) is 3. The Bertz CT molecular complexity index is 661. The number of anilines is 1. The summed E-state index contributed by atoms with van der Waals surface area (Å²) in [4.78, 5) is 26.2. The van der Waals surface area contributed by atoms with Crippen LogP contribution in [0, 0.1) is 0 Å². The zero-order valence-corrected chi connectivity index (χ0v) is 10.2. The highest BCUT2D eigenvalue weighted by molar-refractivity contribution is 7.99. The summed E-state index contributed by atoms with van der Waals surface area (Å²) in [5.41, 5.74) is 11.0. The molecule has 0 aliphatic rings. The molecule has 9 heteroatoms. The van der Waals surface area contributed by atoms with Crippen LogP contribution in [-0.2, 0) is 7.05 Å². The average Bonchev–Trinajstić information content (AvgIpc) is 2.63. The Morgan fingerprint density at radius 1 is 1.50 bits per heavy atom. The van der Waals surface area contributed by atoms with Gasteiger partial charge < -0.3 is 11.5 Å². The van der Waals surface area contributed by atoms with E-state index >= 15 is 0 Å². The van der Waals surface area contributed by atoms with E-state index in [0.29, 0.717) is 15.9 Å². The van der Waals surface area contributed by atoms with Crippen LogP contribution < -0.4 is 17.2 Å². The van der Waals surface area contributed by atoms with Crippen molar-refractivity contribution in [3.63, 3.8) is 0 Å². The molecule has 0 radical (unpaired) electrons. The second-order valence-electron chi connectivity index (χ2n) is 3.43. The highest BCUT2D eigenvalue weighted by atomic mass is 32.2. The first kappa shape index (κ1) is 12.2. The molecule has 5 N–H and O–H groups in total. The molecular weight excluding hydrogens is 256 g/mol. The van der Waals surface area contributed by atoms with Crippen molar-refractivity contribution in [3.05, 3.63) is 28.3 Å². The van der Waals surface area contributed by atoms with Crippen molar-refractivity contribution < 1.29 is 4.79 Å². The maximum absolute atomic E-state index is 11.2. The van der Waals surface area contributed by atoms with Gasteiger partial charge in [-0.15, -0.1) is 5.10 Å². The number of carbonyl (C=O) groups excluding carboxylic acids is 1. The van der Waals surface area contributed by atoms with E-state index in [4.69, 9.17) is 11.5 Å². The fourth-order valence-corrected chi connectivity index (χ4v) is 1.99. The Morgan fingerprint density at radius 3 is 2.78 bits per heavy atom. The van der Waals surface area contributed by atoms with Gasteiger partial charge in [0.05, 0.1) is 5.69 Å². The van der Waals surface area contributed by atoms with E-state index in [1.807, 2.05) is 0 Å². The number of nitrogen functional groups attached to an aromatic ring is 1. The van der Waals surface area contributed by atoms with E-state index in [-0.39, 0.29) is 11.4 Å². The second kappa shape index (κ2) is 4.53. The molecule has 0 unspecified atom stereocenters. The van der Waals surface area contributed by atoms with E-state index in [0.717, 1.165) is 11.8 Å². The Balaban J connectivity index is 2.39. The van der Waals surface area contributed by atoms with Crippen LogP contribution >= 0.6 is 11.8 Å². The normalized spacial score (nSPS) is 10.5. The number of hydrogen-bond acceptors (Lipinski definition) is 6. The van der Waals surface area contributed by atoms with Crippen LogP contribution in [0.2, 0.25) is 0 Å². The van der Waals surface area contributed by atoms with Crippen molar-refractivity contribution in [2.24, 2.45) is 12.8 Å². The van der Waals surface area contributed by atoms with Crippen LogP contribution in [0.1, 0.15) is 10.5 Å². The van der Waals surface area contributed by atoms with Gasteiger partial charge >= 0.3 is 5.69 Å². The summed E-state index contributed by atoms with van der Waals surface area (Å²) < 4.78 is 1.31. The van der Waals surface area contributed by atoms with Gasteiger partial charge in [-0.3, -0.25) is 9.36 Å². The topological polar surface area (TPSA) is 133 Å². The number of nitrogens with two attached hydrogens (primary N) is 2. The fraction of sp³-hybridized carbons (Fsp3) is 0.111. The molecule has 94 valence electrons. The van der Waals surface area contributed by atoms with Crippen LogP contribution in [0.4, 0.5) is 5.69 Å². The van der Waals surface area contributed by atoms with Crippen LogP contribution in [0.25, 0.3) is 0 Å². The number of rotatable bonds is 3. The number of pyridine rings is 1. The van der Waals surface area contributed by atoms with Gasteiger partial charge in [-0.25, -0.2) is 14.9 Å². The number of nitrogens with one attached hydrogen (secondary N) is 1. The third kappa shape index (κ3) is 2.20. The minimum atomic E-state index is -0.646. The average molecular weight is 266 g/mol. The van der Waals surface area contributed by atoms with Gasteiger partial charge in [-0.2, -0.15) is 0 Å². The summed E-state index contributed by atoms with van der Waals surface area (Å²) in [6.07, 6.45) is 0. The first-order valence-corrected chi connectivity index (χ1v) is 5.66. The summed E-state index contributed by atoms with van der Waals surface area (Å²) in [6, 6.07) is 2.96. The van der Waals surface area contributed by atoms with Crippen molar-refractivity contribution in [2.45, 2.75) is 10.2 Å². The van der Waals surface area contributed by atoms with Gasteiger partial charge in [0.2, 0.25) is 0 Å². The van der Waals surface area contributed by atoms with Crippen LogP contribution in [0.3, 0.4) is 0 Å². The summed E-state index contributed by atoms with van der Waals surface area (Å²) >= 11 is 1.07. The van der Waals surface area contributed by atoms with Crippen LogP contribution in [0.5, 0.6) is 0 Å². The molecule has 0 fully saturated rings. The highest BCUT2D eigenvalue weighted by Gasteiger charge is 2.12. The fourth-order valence-electron chi connectivity index (χ4n) is 1.18. The van der Waals surface area contributed by atoms with Gasteiger partial charge in [0.1, 0.15) is 10.7 Å². The maximum Gasteiger partial charge on any atom is 0.343 e. The number of H-pyrrole nitrogens is 1. The minimum absolute atomic E-state index is 0.104. The van der Waals surface area contributed by atoms with Gasteiger partial charge in [-0.05, 0) is 23.9 Å². The van der Waals surface area contributed by atoms with Crippen LogP contribution in [0.15, 0.2) is 27.1 Å². The lowest BCUT2D eigenvalue weighted by Crippen LogP contribution is -2.14. The standard InChI is InChI=1S/C9H10N6O2S/c1-15-8(17)13-14-9(15)18-7-4(10)2-3-5(12-7)6(11)16/h2-3H,10H2,1H3,(H2,11,16)(H,13,17). The SMILES string of the molecule is Cn1c(Sc2nc(C(N)=O)ccc2N)n[nH]c1=O. The Hall–Kier alpha value is -2.29. The van der Waals surface area contributed by atoms with Crippen LogP contribution in [-0.4, -0.2) is 25.7 Å². The molecule has 0 saturated carbocycles. The molecular formula is C9H10N6O2S. The monoisotopic (exact) mass is 266 g/mol. The molecule has 18 heavy (non-hydrogen) atoms. The summed E-state index contributed by atoms with van der Waals surface area (Å²) in [5.74, 6) is -0.646. The molecule has 2 rings (SSSR count). The predicted octanol–water partition coefficient (Wildman–Crippen LogP) is -0.664. The van der Waals surface area contributed by atoms with Crippen molar-refractivity contribution >= 4 is 23.4 Å². The lowest BCUT2D eigenvalue weighted by molar-refractivity contribution is 0.0995. The molecule has 2 aromatic heterocycles. The van der Waals surface area contributed by atoms with Crippen molar-refractivity contribution in [2.75, 3.05) is 5.73 Å². The molecule has 0 aliphatic heterocycles. The third-order valence-electron chi connectivity index (χ3n) is 2.17. The number of carbonyl (C=O) groups is 1. The Labute approximate surface area is 105 Å². The first-order valence-electron chi connectivity index (χ1n) is 4.84. The van der Waals surface area contributed by atoms with Gasteiger partial charge in [0, 0.05) is 7.05 Å². The molecule has 0 aliphatic carbocycles. The molecule has 2 heterocycles. The smallest absolute Gasteiger partial charge is 0.343 e. The second-order valence-corrected chi connectivity index (χ2v) is 4.38. The molecule has 0 aromatic carbocycles. The van der Waals surface area contributed by atoms with Gasteiger partial charge in [0.15, 0.2) is 5.16 Å². The molecule has 0 atom stereocenters. The quantitative estimate of drug-likeness (QED) is 0.675. The summed E-state index contributed by atoms with van der Waals surface area (Å²) in [6.45, 7) is 0. The van der Waals surface area contributed by atoms with Crippen molar-refractivity contribution in [3.8, 4) is 0 Å². The van der Waals surface area contributed by atoms with Crippen molar-refractivity contribution in [1.82, 2.24) is 19.7 Å². The third-order valence-corrected chi connectivity index (χ3v) is 3.24. The number of aromatic amines is 1. The largest absolute Gasteiger partial charge is 0.397 e. The van der Waals surface area contributed by atoms with E-state index < -0.39 is 5.91 Å². The zero-order chi connectivity index (χ0) is 13.3. The molecule has 2 aromatic rings. The molecule has 0 bridgehead atoms. The Morgan fingerprint density at radius 2 is 2.22 bits per heavy atom. The molecule has 0 spiro atoms. The molecule has 1 amide bonds. The Kier molecular flexibility index (Phi) is 3.06. The zero-order valence-electron chi connectivity index (χ0n) is 9.38. The maximum atomic E-state index is 11.2. The van der Waals surface area contributed by atoms with E-state index in [1.54, 1.807) is 7.05 Å². The summed E-state index contributed by atoms with van der Waals surface area (Å²) in [5, 5.41) is 6.85. The van der Waals surface area contributed by atoms with Gasteiger partial charge in [0.25, 0.3) is 5.91 Å². The number of nitrogens with zero attached hydrogens (tertiary/aromatic N) is 3. The lowest BCUT2D eigenvalue weighted by Gasteiger charge is -2.04. The molecule has 8 nitrogen and oxygen atoms in total. The number of amides is 1. The number of aromatic nitrogens is 4. The van der Waals surface area contributed by atoms with E-state index in [2.05, 4.69) is 15.2 Å². The minimum Gasteiger partial charge on any atom is -0.397 e. The van der Waals surface area contributed by atoms with E-state index in [1.165, 1.54) is 16.7 Å². The predicted molar refractivity (Wildman–Crippen MR) is 65.1 cm³/mol. The van der Waals surface area contributed by atoms with Gasteiger partial charge in [-0.1, -0.05) is 0 Å². The number of primary amides is 1. The summed E-state index contributed by atoms with van der Waals surface area (Å²) in [7, 11) is 1.56. The first-order chi connectivity index (χ1) is 8.49. The van der Waals surface area contributed by atoms with E-state index in [9.17, 15) is 9.59 Å².